The molecule has 0 bridgehead atoms. The van der Waals surface area contributed by atoms with E-state index in [9.17, 15) is 18.0 Å². The van der Waals surface area contributed by atoms with Crippen LogP contribution in [0.15, 0.2) is 21.7 Å². The fourth-order valence-electron chi connectivity index (χ4n) is 3.10. The lowest BCUT2D eigenvalue weighted by atomic mass is 10.1. The molecule has 0 aliphatic carbocycles. The van der Waals surface area contributed by atoms with Crippen molar-refractivity contribution in [2.45, 2.75) is 35.9 Å². The molecule has 3 heterocycles. The summed E-state index contributed by atoms with van der Waals surface area (Å²) in [6.45, 7) is 2.02. The first-order chi connectivity index (χ1) is 11.5. The van der Waals surface area contributed by atoms with Crippen LogP contribution in [0.5, 0.6) is 0 Å². The van der Waals surface area contributed by atoms with Crippen LogP contribution in [0.25, 0.3) is 0 Å². The summed E-state index contributed by atoms with van der Waals surface area (Å²) in [7, 11) is -3.69. The second-order valence-corrected chi connectivity index (χ2v) is 8.98. The molecule has 1 aromatic heterocycles. The van der Waals surface area contributed by atoms with Crippen LogP contribution in [0.1, 0.15) is 25.7 Å². The van der Waals surface area contributed by atoms with E-state index in [4.69, 9.17) is 0 Å². The molecular weight excluding hydrogens is 350 g/mol. The first-order valence-electron chi connectivity index (χ1n) is 8.10. The number of hydrogen-bond acceptors (Lipinski definition) is 5. The molecule has 0 radical (unpaired) electrons. The summed E-state index contributed by atoms with van der Waals surface area (Å²) in [6, 6.07) is 2.37. The van der Waals surface area contributed by atoms with Gasteiger partial charge in [-0.15, -0.1) is 11.3 Å². The third kappa shape index (κ3) is 3.79. The lowest BCUT2D eigenvalue weighted by Crippen LogP contribution is -2.54. The Kier molecular flexibility index (Phi) is 5.21. The molecule has 1 atom stereocenters. The highest BCUT2D eigenvalue weighted by Gasteiger charge is 2.34. The van der Waals surface area contributed by atoms with E-state index in [0.29, 0.717) is 19.4 Å². The number of likely N-dealkylation sites (tertiary alicyclic amines) is 2. The average Bonchev–Trinajstić information content (AvgIpc) is 3.24. The molecule has 1 N–H and O–H groups in total. The Bertz CT molecular complexity index is 696. The Morgan fingerprint density at radius 3 is 2.67 bits per heavy atom. The van der Waals surface area contributed by atoms with Gasteiger partial charge in [0.05, 0.1) is 6.54 Å². The molecule has 2 amide bonds. The van der Waals surface area contributed by atoms with E-state index >= 15 is 0 Å². The van der Waals surface area contributed by atoms with Crippen molar-refractivity contribution in [2.75, 3.05) is 26.2 Å². The summed E-state index contributed by atoms with van der Waals surface area (Å²) in [6.07, 6.45) is 3.14. The number of nitrogens with zero attached hydrogens (tertiary/aromatic N) is 2. The van der Waals surface area contributed by atoms with Gasteiger partial charge in [-0.3, -0.25) is 9.59 Å². The molecule has 24 heavy (non-hydrogen) atoms. The number of amides is 2. The van der Waals surface area contributed by atoms with Crippen LogP contribution in [0.3, 0.4) is 0 Å². The quantitative estimate of drug-likeness (QED) is 0.823. The topological polar surface area (TPSA) is 86.8 Å². The number of sulfonamides is 1. The van der Waals surface area contributed by atoms with Gasteiger partial charge >= 0.3 is 0 Å². The van der Waals surface area contributed by atoms with E-state index in [0.717, 1.165) is 37.3 Å². The van der Waals surface area contributed by atoms with Gasteiger partial charge < -0.3 is 9.80 Å². The Labute approximate surface area is 145 Å². The highest BCUT2D eigenvalue weighted by molar-refractivity contribution is 7.91. The molecule has 3 rings (SSSR count). The van der Waals surface area contributed by atoms with Crippen LogP contribution in [0.4, 0.5) is 0 Å². The lowest BCUT2D eigenvalue weighted by Gasteiger charge is -2.32. The zero-order valence-corrected chi connectivity index (χ0v) is 14.9. The smallest absolute Gasteiger partial charge is 0.250 e. The van der Waals surface area contributed by atoms with Gasteiger partial charge in [-0.05, 0) is 37.1 Å². The normalized spacial score (nSPS) is 22.2. The number of carbonyl (C=O) groups is 2. The van der Waals surface area contributed by atoms with Crippen molar-refractivity contribution in [3.8, 4) is 0 Å². The Morgan fingerprint density at radius 1 is 1.25 bits per heavy atom. The predicted molar refractivity (Wildman–Crippen MR) is 90.1 cm³/mol. The second-order valence-electron chi connectivity index (χ2n) is 6.10. The molecule has 2 aliphatic heterocycles. The van der Waals surface area contributed by atoms with E-state index in [1.165, 1.54) is 11.0 Å². The minimum atomic E-state index is -3.69. The maximum absolute atomic E-state index is 12.6. The maximum Gasteiger partial charge on any atom is 0.250 e. The molecule has 9 heteroatoms. The van der Waals surface area contributed by atoms with Crippen LogP contribution in [-0.4, -0.2) is 62.3 Å². The molecule has 0 spiro atoms. The first kappa shape index (κ1) is 17.4. The van der Waals surface area contributed by atoms with Gasteiger partial charge in [0.15, 0.2) is 0 Å². The number of thiophene rings is 1. The van der Waals surface area contributed by atoms with Crippen molar-refractivity contribution in [2.24, 2.45) is 0 Å². The fraction of sp³-hybridized carbons (Fsp3) is 0.600. The standard InChI is InChI=1S/C15H21N3O4S2/c19-13(17-7-1-2-8-17)11-18-9-3-5-12(15(18)20)16-24(21,22)14-6-4-10-23-14/h4,6,10,12,16H,1-3,5,7-9,11H2. The highest BCUT2D eigenvalue weighted by atomic mass is 32.2. The van der Waals surface area contributed by atoms with Crippen LogP contribution < -0.4 is 4.72 Å². The Balaban J connectivity index is 1.63. The number of rotatable bonds is 5. The Morgan fingerprint density at radius 2 is 2.00 bits per heavy atom. The zero-order chi connectivity index (χ0) is 17.2. The van der Waals surface area contributed by atoms with Crippen molar-refractivity contribution >= 4 is 33.2 Å². The number of piperidine rings is 1. The Hall–Kier alpha value is -1.45. The first-order valence-corrected chi connectivity index (χ1v) is 10.5. The van der Waals surface area contributed by atoms with Crippen molar-refractivity contribution in [3.63, 3.8) is 0 Å². The van der Waals surface area contributed by atoms with Gasteiger partial charge in [0, 0.05) is 19.6 Å². The fourth-order valence-corrected chi connectivity index (χ4v) is 5.33. The van der Waals surface area contributed by atoms with Gasteiger partial charge in [-0.2, -0.15) is 4.72 Å². The SMILES string of the molecule is O=C(CN1CCCC(NS(=O)(=O)c2cccs2)C1=O)N1CCCC1. The third-order valence-electron chi connectivity index (χ3n) is 4.37. The summed E-state index contributed by atoms with van der Waals surface area (Å²) in [5.41, 5.74) is 0. The van der Waals surface area contributed by atoms with Crippen molar-refractivity contribution in [3.05, 3.63) is 17.5 Å². The monoisotopic (exact) mass is 371 g/mol. The summed E-state index contributed by atoms with van der Waals surface area (Å²) in [4.78, 5) is 28.0. The summed E-state index contributed by atoms with van der Waals surface area (Å²) in [5, 5.41) is 1.68. The average molecular weight is 371 g/mol. The van der Waals surface area contributed by atoms with Gasteiger partial charge in [0.1, 0.15) is 10.3 Å². The van der Waals surface area contributed by atoms with Crippen LogP contribution in [0, 0.1) is 0 Å². The highest BCUT2D eigenvalue weighted by Crippen LogP contribution is 2.19. The van der Waals surface area contributed by atoms with Crippen molar-refractivity contribution in [1.29, 1.82) is 0 Å². The number of hydrogen-bond donors (Lipinski definition) is 1. The van der Waals surface area contributed by atoms with Gasteiger partial charge in [0.2, 0.25) is 11.8 Å². The van der Waals surface area contributed by atoms with E-state index < -0.39 is 16.1 Å². The van der Waals surface area contributed by atoms with Crippen LogP contribution in [0.2, 0.25) is 0 Å². The maximum atomic E-state index is 12.6. The lowest BCUT2D eigenvalue weighted by molar-refractivity contribution is -0.142. The van der Waals surface area contributed by atoms with E-state index in [2.05, 4.69) is 4.72 Å². The molecule has 2 saturated heterocycles. The van der Waals surface area contributed by atoms with Crippen LogP contribution in [-0.2, 0) is 19.6 Å². The van der Waals surface area contributed by atoms with E-state index in [1.807, 2.05) is 0 Å². The predicted octanol–water partition coefficient (Wildman–Crippen LogP) is 0.640. The third-order valence-corrected chi connectivity index (χ3v) is 7.24. The van der Waals surface area contributed by atoms with Gasteiger partial charge in [-0.1, -0.05) is 6.07 Å². The molecule has 1 aromatic rings. The zero-order valence-electron chi connectivity index (χ0n) is 13.3. The molecular formula is C15H21N3O4S2. The van der Waals surface area contributed by atoms with E-state index in [1.54, 1.807) is 16.3 Å². The minimum absolute atomic E-state index is 0.0378. The minimum Gasteiger partial charge on any atom is -0.341 e. The molecule has 0 saturated carbocycles. The number of carbonyl (C=O) groups excluding carboxylic acids is 2. The molecule has 7 nitrogen and oxygen atoms in total. The van der Waals surface area contributed by atoms with Crippen molar-refractivity contribution in [1.82, 2.24) is 14.5 Å². The van der Waals surface area contributed by atoms with Crippen molar-refractivity contribution < 1.29 is 18.0 Å². The molecule has 2 aliphatic rings. The summed E-state index contributed by atoms with van der Waals surface area (Å²) in [5.74, 6) is -0.364. The van der Waals surface area contributed by atoms with Gasteiger partial charge in [0.25, 0.3) is 10.0 Å². The molecule has 0 aromatic carbocycles. The summed E-state index contributed by atoms with van der Waals surface area (Å²) < 4.78 is 27.3. The van der Waals surface area contributed by atoms with E-state index in [-0.39, 0.29) is 22.6 Å². The largest absolute Gasteiger partial charge is 0.341 e. The molecule has 1 unspecified atom stereocenters. The van der Waals surface area contributed by atoms with Gasteiger partial charge in [-0.25, -0.2) is 8.42 Å². The molecule has 132 valence electrons. The number of nitrogens with one attached hydrogen (secondary N) is 1. The summed E-state index contributed by atoms with van der Waals surface area (Å²) >= 11 is 1.11. The second kappa shape index (κ2) is 7.20. The molecule has 2 fully saturated rings. The van der Waals surface area contributed by atoms with Crippen LogP contribution >= 0.6 is 11.3 Å².